The van der Waals surface area contributed by atoms with Crippen LogP contribution < -0.4 is 5.32 Å². The van der Waals surface area contributed by atoms with Crippen LogP contribution in [0, 0.1) is 6.92 Å². The van der Waals surface area contributed by atoms with Crippen LogP contribution in [0.5, 0.6) is 0 Å². The molecule has 4 nitrogen and oxygen atoms in total. The fourth-order valence-corrected chi connectivity index (χ4v) is 1.35. The lowest BCUT2D eigenvalue weighted by Gasteiger charge is -2.05. The van der Waals surface area contributed by atoms with Crippen LogP contribution >= 0.6 is 0 Å². The predicted octanol–water partition coefficient (Wildman–Crippen LogP) is 2.61. The van der Waals surface area contributed by atoms with Crippen molar-refractivity contribution in [1.29, 1.82) is 0 Å². The fraction of sp³-hybridized carbons (Fsp3) is 0.200. The van der Waals surface area contributed by atoms with Gasteiger partial charge < -0.3 is 10.1 Å². The number of esters is 1. The lowest BCUT2D eigenvalue weighted by Crippen LogP contribution is -2.20. The van der Waals surface area contributed by atoms with Gasteiger partial charge in [0.1, 0.15) is 0 Å². The van der Waals surface area contributed by atoms with Crippen molar-refractivity contribution in [1.82, 2.24) is 0 Å². The highest BCUT2D eigenvalue weighted by Crippen LogP contribution is 2.09. The third-order valence-corrected chi connectivity index (χ3v) is 2.18. The molecule has 1 rings (SSSR count). The zero-order valence-corrected chi connectivity index (χ0v) is 11.1. The molecule has 0 aliphatic heterocycles. The number of aryl methyl sites for hydroxylation is 1. The highest BCUT2D eigenvalue weighted by Gasteiger charge is 2.05. The predicted molar refractivity (Wildman–Crippen MR) is 74.7 cm³/mol. The van der Waals surface area contributed by atoms with Crippen LogP contribution in [-0.4, -0.2) is 18.5 Å². The van der Waals surface area contributed by atoms with Crippen LogP contribution in [0.3, 0.4) is 0 Å². The number of ether oxygens (including phenoxy) is 1. The maximum absolute atomic E-state index is 11.5. The number of anilines is 1. The second-order valence-electron chi connectivity index (χ2n) is 3.91. The molecule has 0 atom stereocenters. The van der Waals surface area contributed by atoms with Crippen molar-refractivity contribution in [3.05, 3.63) is 54.1 Å². The molecule has 19 heavy (non-hydrogen) atoms. The van der Waals surface area contributed by atoms with E-state index in [0.29, 0.717) is 5.69 Å². The van der Waals surface area contributed by atoms with Gasteiger partial charge in [0.25, 0.3) is 5.91 Å². The minimum Gasteiger partial charge on any atom is -0.452 e. The van der Waals surface area contributed by atoms with Gasteiger partial charge in [-0.1, -0.05) is 30.4 Å². The molecule has 4 heteroatoms. The van der Waals surface area contributed by atoms with Gasteiger partial charge in [0, 0.05) is 11.8 Å². The largest absolute Gasteiger partial charge is 0.452 e. The number of carbonyl (C=O) groups excluding carboxylic acids is 2. The maximum atomic E-state index is 11.5. The average molecular weight is 259 g/mol. The number of benzene rings is 1. The van der Waals surface area contributed by atoms with Gasteiger partial charge in [0.15, 0.2) is 6.61 Å². The molecule has 0 radical (unpaired) electrons. The van der Waals surface area contributed by atoms with Crippen molar-refractivity contribution in [2.45, 2.75) is 13.8 Å². The van der Waals surface area contributed by atoms with E-state index >= 15 is 0 Å². The monoisotopic (exact) mass is 259 g/mol. The van der Waals surface area contributed by atoms with E-state index in [9.17, 15) is 9.59 Å². The molecule has 1 aromatic carbocycles. The van der Waals surface area contributed by atoms with Crippen LogP contribution in [0.1, 0.15) is 12.5 Å². The SMILES string of the molecule is C/C=C/C=C/C(=O)OCC(=O)Nc1cccc(C)c1. The number of nitrogens with one attached hydrogen (secondary N) is 1. The van der Waals surface area contributed by atoms with Gasteiger partial charge in [-0.25, -0.2) is 4.79 Å². The summed E-state index contributed by atoms with van der Waals surface area (Å²) in [4.78, 5) is 22.7. The first-order chi connectivity index (χ1) is 9.11. The quantitative estimate of drug-likeness (QED) is 0.502. The van der Waals surface area contributed by atoms with E-state index in [1.165, 1.54) is 6.08 Å². The molecule has 0 aliphatic carbocycles. The van der Waals surface area contributed by atoms with Gasteiger partial charge in [0.2, 0.25) is 0 Å². The molecular formula is C15H17NO3. The van der Waals surface area contributed by atoms with Crippen molar-refractivity contribution in [2.75, 3.05) is 11.9 Å². The molecule has 0 fully saturated rings. The normalized spacial score (nSPS) is 10.8. The van der Waals surface area contributed by atoms with Gasteiger partial charge in [-0.3, -0.25) is 4.79 Å². The minimum absolute atomic E-state index is 0.299. The molecule has 1 N–H and O–H groups in total. The zero-order valence-electron chi connectivity index (χ0n) is 11.1. The summed E-state index contributed by atoms with van der Waals surface area (Å²) in [6, 6.07) is 7.39. The Morgan fingerprint density at radius 2 is 2.11 bits per heavy atom. The first kappa shape index (κ1) is 14.7. The number of carbonyl (C=O) groups is 2. The molecule has 0 heterocycles. The van der Waals surface area contributed by atoms with Gasteiger partial charge in [-0.15, -0.1) is 0 Å². The van der Waals surface area contributed by atoms with E-state index < -0.39 is 5.97 Å². The highest BCUT2D eigenvalue weighted by atomic mass is 16.5. The smallest absolute Gasteiger partial charge is 0.331 e. The molecule has 1 aromatic rings. The van der Waals surface area contributed by atoms with Crippen molar-refractivity contribution in [3.8, 4) is 0 Å². The van der Waals surface area contributed by atoms with E-state index in [0.717, 1.165) is 5.56 Å². The summed E-state index contributed by atoms with van der Waals surface area (Å²) in [5.74, 6) is -0.907. The molecule has 100 valence electrons. The van der Waals surface area contributed by atoms with E-state index in [2.05, 4.69) is 5.32 Å². The Balaban J connectivity index is 2.38. The van der Waals surface area contributed by atoms with Gasteiger partial charge in [-0.2, -0.15) is 0 Å². The minimum atomic E-state index is -0.544. The number of rotatable bonds is 5. The lowest BCUT2D eigenvalue weighted by molar-refractivity contribution is -0.142. The maximum Gasteiger partial charge on any atom is 0.331 e. The van der Waals surface area contributed by atoms with Crippen molar-refractivity contribution in [2.24, 2.45) is 0 Å². The molecule has 0 saturated heterocycles. The van der Waals surface area contributed by atoms with Crippen LogP contribution in [0.4, 0.5) is 5.69 Å². The second kappa shape index (κ2) is 7.87. The van der Waals surface area contributed by atoms with E-state index in [1.807, 2.05) is 32.0 Å². The third-order valence-electron chi connectivity index (χ3n) is 2.18. The standard InChI is InChI=1S/C15H17NO3/c1-3-4-5-9-15(18)19-11-14(17)16-13-8-6-7-12(2)10-13/h3-10H,11H2,1-2H3,(H,16,17)/b4-3+,9-5+. The topological polar surface area (TPSA) is 55.4 Å². The summed E-state index contributed by atoms with van der Waals surface area (Å²) in [7, 11) is 0. The highest BCUT2D eigenvalue weighted by molar-refractivity contribution is 5.93. The average Bonchev–Trinajstić information content (AvgIpc) is 2.37. The molecular weight excluding hydrogens is 242 g/mol. The third kappa shape index (κ3) is 6.21. The Morgan fingerprint density at radius 1 is 1.32 bits per heavy atom. The van der Waals surface area contributed by atoms with Crippen LogP contribution in [-0.2, 0) is 14.3 Å². The summed E-state index contributed by atoms with van der Waals surface area (Å²) in [5.41, 5.74) is 1.73. The Morgan fingerprint density at radius 3 is 2.79 bits per heavy atom. The van der Waals surface area contributed by atoms with Crippen LogP contribution in [0.2, 0.25) is 0 Å². The van der Waals surface area contributed by atoms with Crippen molar-refractivity contribution >= 4 is 17.6 Å². The van der Waals surface area contributed by atoms with Crippen LogP contribution in [0.15, 0.2) is 48.6 Å². The zero-order chi connectivity index (χ0) is 14.1. The summed E-state index contributed by atoms with van der Waals surface area (Å²) >= 11 is 0. The Bertz CT molecular complexity index is 504. The second-order valence-corrected chi connectivity index (χ2v) is 3.91. The number of hydrogen-bond donors (Lipinski definition) is 1. The Kier molecular flexibility index (Phi) is 6.09. The fourth-order valence-electron chi connectivity index (χ4n) is 1.35. The number of hydrogen-bond acceptors (Lipinski definition) is 3. The van der Waals surface area contributed by atoms with E-state index in [1.54, 1.807) is 24.3 Å². The first-order valence-corrected chi connectivity index (χ1v) is 5.94. The molecule has 0 aromatic heterocycles. The molecule has 1 amide bonds. The summed E-state index contributed by atoms with van der Waals surface area (Å²) in [6.07, 6.45) is 6.31. The number of amides is 1. The van der Waals surface area contributed by atoms with E-state index in [4.69, 9.17) is 4.74 Å². The van der Waals surface area contributed by atoms with Gasteiger partial charge >= 0.3 is 5.97 Å². The van der Waals surface area contributed by atoms with Crippen molar-refractivity contribution < 1.29 is 14.3 Å². The summed E-state index contributed by atoms with van der Waals surface area (Å²) in [5, 5.41) is 2.65. The van der Waals surface area contributed by atoms with Crippen LogP contribution in [0.25, 0.3) is 0 Å². The summed E-state index contributed by atoms with van der Waals surface area (Å²) < 4.78 is 4.78. The van der Waals surface area contributed by atoms with E-state index in [-0.39, 0.29) is 12.5 Å². The molecule has 0 aliphatic rings. The molecule has 0 saturated carbocycles. The summed E-state index contributed by atoms with van der Waals surface area (Å²) in [6.45, 7) is 3.47. The molecule has 0 bridgehead atoms. The number of allylic oxidation sites excluding steroid dienone is 3. The Hall–Kier alpha value is -2.36. The molecule has 0 unspecified atom stereocenters. The van der Waals surface area contributed by atoms with Gasteiger partial charge in [0.05, 0.1) is 0 Å². The van der Waals surface area contributed by atoms with Gasteiger partial charge in [-0.05, 0) is 31.5 Å². The first-order valence-electron chi connectivity index (χ1n) is 5.94. The molecule has 0 spiro atoms. The Labute approximate surface area is 112 Å². The van der Waals surface area contributed by atoms with Crippen molar-refractivity contribution in [3.63, 3.8) is 0 Å². The lowest BCUT2D eigenvalue weighted by atomic mass is 10.2.